The molecular formula is C14H15F4NO2. The molecule has 1 amide bonds. The van der Waals surface area contributed by atoms with E-state index in [2.05, 4.69) is 5.32 Å². The average Bonchev–Trinajstić information content (AvgIpc) is 2.68. The van der Waals surface area contributed by atoms with Gasteiger partial charge in [0.15, 0.2) is 0 Å². The molecule has 2 rings (SSSR count). The first-order chi connectivity index (χ1) is 9.63. The zero-order chi connectivity index (χ0) is 15.8. The first-order valence-corrected chi connectivity index (χ1v) is 6.44. The van der Waals surface area contributed by atoms with E-state index in [0.29, 0.717) is 19.1 Å². The Labute approximate surface area is 119 Å². The molecule has 2 atom stereocenters. The number of hydrogen-bond donors (Lipinski definition) is 1. The van der Waals surface area contributed by atoms with Crippen molar-refractivity contribution in [1.82, 2.24) is 5.32 Å². The number of benzene rings is 1. The molecule has 0 bridgehead atoms. The Hall–Kier alpha value is -1.63. The second-order valence-electron chi connectivity index (χ2n) is 5.32. The fraction of sp³-hybridized carbons (Fsp3) is 0.500. The van der Waals surface area contributed by atoms with Crippen molar-refractivity contribution in [2.45, 2.75) is 38.1 Å². The summed E-state index contributed by atoms with van der Waals surface area (Å²) >= 11 is 0. The molecule has 116 valence electrons. The van der Waals surface area contributed by atoms with Crippen LogP contribution in [0.1, 0.15) is 36.2 Å². The maximum absolute atomic E-state index is 13.0. The molecule has 1 heterocycles. The van der Waals surface area contributed by atoms with Crippen LogP contribution in [0.5, 0.6) is 0 Å². The van der Waals surface area contributed by atoms with Gasteiger partial charge in [0.25, 0.3) is 5.91 Å². The summed E-state index contributed by atoms with van der Waals surface area (Å²) in [5.74, 6) is -1.93. The predicted molar refractivity (Wildman–Crippen MR) is 67.3 cm³/mol. The standard InChI is InChI=1S/C14H15F4NO2/c1-8-13(2,5-6-21-8)19-12(20)10-4-3-9(15)7-11(10)14(16,17)18/h3-4,7-8H,5-6H2,1-2H3,(H,19,20)/t8-,13+/m1/s1. The second-order valence-corrected chi connectivity index (χ2v) is 5.32. The minimum atomic E-state index is -4.80. The third-order valence-corrected chi connectivity index (χ3v) is 3.82. The van der Waals surface area contributed by atoms with Crippen LogP contribution in [-0.2, 0) is 10.9 Å². The van der Waals surface area contributed by atoms with Gasteiger partial charge in [0.1, 0.15) is 5.82 Å². The smallest absolute Gasteiger partial charge is 0.376 e. The summed E-state index contributed by atoms with van der Waals surface area (Å²) < 4.78 is 57.1. The van der Waals surface area contributed by atoms with Crippen LogP contribution in [0.4, 0.5) is 17.6 Å². The van der Waals surface area contributed by atoms with E-state index < -0.39 is 34.6 Å². The minimum absolute atomic E-state index is 0.309. The van der Waals surface area contributed by atoms with Gasteiger partial charge in [-0.25, -0.2) is 4.39 Å². The summed E-state index contributed by atoms with van der Waals surface area (Å²) in [5, 5.41) is 2.57. The van der Waals surface area contributed by atoms with Gasteiger partial charge in [-0.2, -0.15) is 13.2 Å². The summed E-state index contributed by atoms with van der Waals surface area (Å²) in [6.07, 6.45) is -4.60. The van der Waals surface area contributed by atoms with Crippen LogP contribution < -0.4 is 5.32 Å². The van der Waals surface area contributed by atoms with Crippen molar-refractivity contribution >= 4 is 5.91 Å². The van der Waals surface area contributed by atoms with Gasteiger partial charge in [-0.05, 0) is 38.5 Å². The Morgan fingerprint density at radius 2 is 2.10 bits per heavy atom. The summed E-state index contributed by atoms with van der Waals surface area (Å²) in [6, 6.07) is 2.00. The molecular weight excluding hydrogens is 290 g/mol. The van der Waals surface area contributed by atoms with E-state index in [9.17, 15) is 22.4 Å². The van der Waals surface area contributed by atoms with Gasteiger partial charge < -0.3 is 10.1 Å². The van der Waals surface area contributed by atoms with Crippen LogP contribution >= 0.6 is 0 Å². The van der Waals surface area contributed by atoms with E-state index >= 15 is 0 Å². The SMILES string of the molecule is C[C@H]1OCC[C@]1(C)NC(=O)c1ccc(F)cc1C(F)(F)F. The predicted octanol–water partition coefficient (Wildman–Crippen LogP) is 3.14. The molecule has 0 spiro atoms. The van der Waals surface area contributed by atoms with Gasteiger partial charge >= 0.3 is 6.18 Å². The molecule has 21 heavy (non-hydrogen) atoms. The Morgan fingerprint density at radius 3 is 2.62 bits per heavy atom. The van der Waals surface area contributed by atoms with Crippen molar-refractivity contribution in [1.29, 1.82) is 0 Å². The molecule has 7 heteroatoms. The van der Waals surface area contributed by atoms with Gasteiger partial charge in [-0.1, -0.05) is 0 Å². The second kappa shape index (κ2) is 5.29. The number of amides is 1. The van der Waals surface area contributed by atoms with Crippen molar-refractivity contribution in [3.05, 3.63) is 35.1 Å². The summed E-state index contributed by atoms with van der Waals surface area (Å²) in [7, 11) is 0. The molecule has 1 N–H and O–H groups in total. The molecule has 1 saturated heterocycles. The lowest BCUT2D eigenvalue weighted by atomic mass is 9.93. The molecule has 0 aliphatic carbocycles. The molecule has 0 radical (unpaired) electrons. The number of halogens is 4. The number of rotatable bonds is 2. The van der Waals surface area contributed by atoms with Crippen LogP contribution in [0.15, 0.2) is 18.2 Å². The van der Waals surface area contributed by atoms with E-state index in [1.165, 1.54) is 0 Å². The molecule has 1 aliphatic heterocycles. The number of carbonyl (C=O) groups is 1. The minimum Gasteiger partial charge on any atom is -0.376 e. The Bertz CT molecular complexity index is 558. The molecule has 0 aromatic heterocycles. The van der Waals surface area contributed by atoms with Crippen LogP contribution in [0.25, 0.3) is 0 Å². The Kier molecular flexibility index (Phi) is 3.97. The number of nitrogens with one attached hydrogen (secondary N) is 1. The first kappa shape index (κ1) is 15.8. The van der Waals surface area contributed by atoms with E-state index in [0.717, 1.165) is 12.1 Å². The van der Waals surface area contributed by atoms with Crippen molar-refractivity contribution < 1.29 is 27.1 Å². The Balaban J connectivity index is 2.32. The van der Waals surface area contributed by atoms with Crippen LogP contribution in [0.3, 0.4) is 0 Å². The number of alkyl halides is 3. The average molecular weight is 305 g/mol. The van der Waals surface area contributed by atoms with Gasteiger partial charge in [-0.3, -0.25) is 4.79 Å². The molecule has 1 aromatic rings. The zero-order valence-electron chi connectivity index (χ0n) is 11.6. The Morgan fingerprint density at radius 1 is 1.43 bits per heavy atom. The van der Waals surface area contributed by atoms with E-state index in [1.807, 2.05) is 0 Å². The largest absolute Gasteiger partial charge is 0.417 e. The highest BCUT2D eigenvalue weighted by Gasteiger charge is 2.41. The lowest BCUT2D eigenvalue weighted by Crippen LogP contribution is -2.50. The van der Waals surface area contributed by atoms with Crippen molar-refractivity contribution in [3.63, 3.8) is 0 Å². The zero-order valence-corrected chi connectivity index (χ0v) is 11.6. The van der Waals surface area contributed by atoms with Gasteiger partial charge in [0.05, 0.1) is 22.8 Å². The fourth-order valence-corrected chi connectivity index (χ4v) is 2.27. The van der Waals surface area contributed by atoms with E-state index in [1.54, 1.807) is 13.8 Å². The number of ether oxygens (including phenoxy) is 1. The van der Waals surface area contributed by atoms with Crippen molar-refractivity contribution in [3.8, 4) is 0 Å². The highest BCUT2D eigenvalue weighted by atomic mass is 19.4. The lowest BCUT2D eigenvalue weighted by Gasteiger charge is -2.29. The molecule has 0 unspecified atom stereocenters. The van der Waals surface area contributed by atoms with Crippen molar-refractivity contribution in [2.24, 2.45) is 0 Å². The number of hydrogen-bond acceptors (Lipinski definition) is 2. The van der Waals surface area contributed by atoms with Crippen molar-refractivity contribution in [2.75, 3.05) is 6.61 Å². The quantitative estimate of drug-likeness (QED) is 0.853. The van der Waals surface area contributed by atoms with Gasteiger partial charge in [0.2, 0.25) is 0 Å². The van der Waals surface area contributed by atoms with Gasteiger partial charge in [0, 0.05) is 6.61 Å². The molecule has 1 aromatic carbocycles. The highest BCUT2D eigenvalue weighted by Crippen LogP contribution is 2.33. The van der Waals surface area contributed by atoms with Crippen LogP contribution in [-0.4, -0.2) is 24.2 Å². The lowest BCUT2D eigenvalue weighted by molar-refractivity contribution is -0.138. The summed E-state index contributed by atoms with van der Waals surface area (Å²) in [4.78, 5) is 12.1. The topological polar surface area (TPSA) is 38.3 Å². The first-order valence-electron chi connectivity index (χ1n) is 6.44. The molecule has 1 fully saturated rings. The number of carbonyl (C=O) groups excluding carboxylic acids is 1. The fourth-order valence-electron chi connectivity index (χ4n) is 2.27. The van der Waals surface area contributed by atoms with E-state index in [-0.39, 0.29) is 6.10 Å². The maximum atomic E-state index is 13.0. The maximum Gasteiger partial charge on any atom is 0.417 e. The third kappa shape index (κ3) is 3.18. The third-order valence-electron chi connectivity index (χ3n) is 3.82. The molecule has 3 nitrogen and oxygen atoms in total. The van der Waals surface area contributed by atoms with Crippen LogP contribution in [0, 0.1) is 5.82 Å². The molecule has 0 saturated carbocycles. The normalized spacial score (nSPS) is 25.9. The molecule has 1 aliphatic rings. The summed E-state index contributed by atoms with van der Waals surface area (Å²) in [5.41, 5.74) is -2.62. The van der Waals surface area contributed by atoms with Crippen LogP contribution in [0.2, 0.25) is 0 Å². The van der Waals surface area contributed by atoms with Gasteiger partial charge in [-0.15, -0.1) is 0 Å². The monoisotopic (exact) mass is 305 g/mol. The summed E-state index contributed by atoms with van der Waals surface area (Å²) in [6.45, 7) is 3.87. The highest BCUT2D eigenvalue weighted by molar-refractivity contribution is 5.96. The van der Waals surface area contributed by atoms with E-state index in [4.69, 9.17) is 4.74 Å².